The van der Waals surface area contributed by atoms with E-state index < -0.39 is 34.2 Å². The van der Waals surface area contributed by atoms with E-state index in [1.807, 2.05) is 0 Å². The number of halogens is 2. The normalized spacial score (nSPS) is 15.7. The highest BCUT2D eigenvalue weighted by Crippen LogP contribution is 2.43. The van der Waals surface area contributed by atoms with Gasteiger partial charge >= 0.3 is 5.97 Å². The Kier molecular flexibility index (Phi) is 11.8. The Bertz CT molecular complexity index is 991. The SMILES string of the molecule is CCCCCCCCCCCCOC(=O)C1=C(C)NC(C)=C([N+](=O)[O-])C1c1ccc(F)c(F)c1OC. The fourth-order valence-electron chi connectivity index (χ4n) is 4.61. The lowest BCUT2D eigenvalue weighted by molar-refractivity contribution is -0.431. The highest BCUT2D eigenvalue weighted by molar-refractivity contribution is 5.92. The number of carbonyl (C=O) groups is 1. The smallest absolute Gasteiger partial charge is 0.336 e. The quantitative estimate of drug-likeness (QED) is 0.120. The Morgan fingerprint density at radius 1 is 1.00 bits per heavy atom. The largest absolute Gasteiger partial charge is 0.493 e. The predicted octanol–water partition coefficient (Wildman–Crippen LogP) is 6.91. The number of hydrogen-bond donors (Lipinski definition) is 1. The molecule has 0 amide bonds. The predicted molar refractivity (Wildman–Crippen MR) is 134 cm³/mol. The summed E-state index contributed by atoms with van der Waals surface area (Å²) in [5.74, 6) is -4.93. The summed E-state index contributed by atoms with van der Waals surface area (Å²) in [5.41, 5.74) is 0.150. The third-order valence-electron chi connectivity index (χ3n) is 6.47. The Morgan fingerprint density at radius 2 is 1.58 bits per heavy atom. The number of ether oxygens (including phenoxy) is 2. The summed E-state index contributed by atoms with van der Waals surface area (Å²) in [6.45, 7) is 5.46. The Labute approximate surface area is 212 Å². The standard InChI is InChI=1S/C27H38F2N2O5/c1-5-6-7-8-9-10-11-12-13-14-17-36-27(32)22-18(2)30-19(3)25(31(33)34)23(22)20-15-16-21(28)24(29)26(20)35-4/h15-16,23,30H,5-14,17H2,1-4H3. The maximum atomic E-state index is 14.5. The zero-order valence-corrected chi connectivity index (χ0v) is 21.8. The molecule has 0 radical (unpaired) electrons. The Balaban J connectivity index is 2.08. The van der Waals surface area contributed by atoms with Crippen LogP contribution >= 0.6 is 0 Å². The van der Waals surface area contributed by atoms with Crippen molar-refractivity contribution in [1.82, 2.24) is 5.32 Å². The number of unbranched alkanes of at least 4 members (excludes halogenated alkanes) is 9. The first kappa shape index (κ1) is 29.3. The van der Waals surface area contributed by atoms with E-state index in [0.717, 1.165) is 32.4 Å². The van der Waals surface area contributed by atoms with Crippen molar-refractivity contribution < 1.29 is 28.0 Å². The summed E-state index contributed by atoms with van der Waals surface area (Å²) in [6.07, 6.45) is 11.3. The van der Waals surface area contributed by atoms with Crippen molar-refractivity contribution in [2.24, 2.45) is 0 Å². The molecule has 0 spiro atoms. The lowest BCUT2D eigenvalue weighted by Crippen LogP contribution is -2.32. The second-order valence-electron chi connectivity index (χ2n) is 9.17. The number of rotatable bonds is 15. The zero-order chi connectivity index (χ0) is 26.7. The van der Waals surface area contributed by atoms with Gasteiger partial charge in [-0.25, -0.2) is 9.18 Å². The topological polar surface area (TPSA) is 90.7 Å². The number of esters is 1. The minimum Gasteiger partial charge on any atom is -0.493 e. The van der Waals surface area contributed by atoms with Gasteiger partial charge in [0.15, 0.2) is 11.6 Å². The third-order valence-corrected chi connectivity index (χ3v) is 6.47. The van der Waals surface area contributed by atoms with Gasteiger partial charge in [0.1, 0.15) is 5.92 Å². The van der Waals surface area contributed by atoms with Gasteiger partial charge in [-0.05, 0) is 26.3 Å². The van der Waals surface area contributed by atoms with Crippen LogP contribution in [0.15, 0.2) is 34.8 Å². The average Bonchev–Trinajstić information content (AvgIpc) is 2.83. The molecular weight excluding hydrogens is 470 g/mol. The van der Waals surface area contributed by atoms with E-state index in [0.29, 0.717) is 12.1 Å². The summed E-state index contributed by atoms with van der Waals surface area (Å²) in [6, 6.07) is 2.07. The fraction of sp³-hybridized carbons (Fsp3) is 0.593. The molecule has 0 bridgehead atoms. The molecule has 2 rings (SSSR count). The van der Waals surface area contributed by atoms with Crippen LogP contribution in [-0.4, -0.2) is 24.6 Å². The van der Waals surface area contributed by atoms with E-state index >= 15 is 0 Å². The molecule has 0 aromatic heterocycles. The first-order valence-electron chi connectivity index (χ1n) is 12.8. The average molecular weight is 509 g/mol. The molecule has 1 atom stereocenters. The van der Waals surface area contributed by atoms with E-state index in [4.69, 9.17) is 9.47 Å². The molecule has 9 heteroatoms. The van der Waals surface area contributed by atoms with Gasteiger partial charge in [-0.15, -0.1) is 0 Å². The molecule has 1 aliphatic heterocycles. The highest BCUT2D eigenvalue weighted by Gasteiger charge is 2.43. The number of allylic oxidation sites excluding steroid dienone is 3. The summed E-state index contributed by atoms with van der Waals surface area (Å²) < 4.78 is 38.9. The molecule has 1 heterocycles. The van der Waals surface area contributed by atoms with Crippen LogP contribution in [0.3, 0.4) is 0 Å². The number of benzene rings is 1. The summed E-state index contributed by atoms with van der Waals surface area (Å²) in [7, 11) is 1.14. The second kappa shape index (κ2) is 14.6. The van der Waals surface area contributed by atoms with Crippen LogP contribution in [0, 0.1) is 21.7 Å². The molecule has 200 valence electrons. The van der Waals surface area contributed by atoms with Crippen LogP contribution in [0.1, 0.15) is 96.5 Å². The van der Waals surface area contributed by atoms with Crippen LogP contribution in [0.5, 0.6) is 5.75 Å². The molecule has 0 saturated carbocycles. The summed E-state index contributed by atoms with van der Waals surface area (Å²) in [5, 5.41) is 14.8. The number of nitrogens with zero attached hydrogens (tertiary/aromatic N) is 1. The minimum atomic E-state index is -1.29. The van der Waals surface area contributed by atoms with Crippen molar-refractivity contribution in [3.8, 4) is 5.75 Å². The second-order valence-corrected chi connectivity index (χ2v) is 9.17. The number of carbonyl (C=O) groups excluding carboxylic acids is 1. The molecule has 36 heavy (non-hydrogen) atoms. The van der Waals surface area contributed by atoms with Gasteiger partial charge in [-0.2, -0.15) is 4.39 Å². The highest BCUT2D eigenvalue weighted by atomic mass is 19.2. The molecule has 0 fully saturated rings. The molecule has 1 aliphatic rings. The van der Waals surface area contributed by atoms with Crippen molar-refractivity contribution in [3.05, 3.63) is 62.1 Å². The van der Waals surface area contributed by atoms with E-state index in [1.165, 1.54) is 51.5 Å². The Hall–Kier alpha value is -2.97. The van der Waals surface area contributed by atoms with Crippen LogP contribution in [0.25, 0.3) is 0 Å². The van der Waals surface area contributed by atoms with Crippen molar-refractivity contribution in [2.75, 3.05) is 13.7 Å². The van der Waals surface area contributed by atoms with Gasteiger partial charge in [-0.3, -0.25) is 10.1 Å². The van der Waals surface area contributed by atoms with E-state index in [-0.39, 0.29) is 29.1 Å². The lowest BCUT2D eigenvalue weighted by atomic mass is 9.83. The monoisotopic (exact) mass is 508 g/mol. The van der Waals surface area contributed by atoms with Gasteiger partial charge in [0.05, 0.1) is 29.9 Å². The lowest BCUT2D eigenvalue weighted by Gasteiger charge is -2.27. The summed E-state index contributed by atoms with van der Waals surface area (Å²) >= 11 is 0. The molecule has 1 aromatic rings. The minimum absolute atomic E-state index is 0.0193. The number of nitrogens with one attached hydrogen (secondary N) is 1. The van der Waals surface area contributed by atoms with Crippen molar-refractivity contribution in [1.29, 1.82) is 0 Å². The third kappa shape index (κ3) is 7.51. The molecule has 0 saturated heterocycles. The van der Waals surface area contributed by atoms with Crippen LogP contribution < -0.4 is 10.1 Å². The Morgan fingerprint density at radius 3 is 2.14 bits per heavy atom. The van der Waals surface area contributed by atoms with Crippen LogP contribution in [0.4, 0.5) is 8.78 Å². The van der Waals surface area contributed by atoms with Gasteiger partial charge in [0, 0.05) is 11.3 Å². The maximum Gasteiger partial charge on any atom is 0.336 e. The van der Waals surface area contributed by atoms with Crippen molar-refractivity contribution >= 4 is 5.97 Å². The van der Waals surface area contributed by atoms with Crippen molar-refractivity contribution in [2.45, 2.75) is 90.9 Å². The molecule has 0 aliphatic carbocycles. The number of dihydropyridines is 1. The first-order valence-corrected chi connectivity index (χ1v) is 12.8. The number of nitro groups is 1. The van der Waals surface area contributed by atoms with Gasteiger partial charge in [-0.1, -0.05) is 70.8 Å². The molecule has 7 nitrogen and oxygen atoms in total. The number of methoxy groups -OCH3 is 1. The van der Waals surface area contributed by atoms with Crippen LogP contribution in [0.2, 0.25) is 0 Å². The first-order chi connectivity index (χ1) is 17.2. The molecular formula is C27H38F2N2O5. The van der Waals surface area contributed by atoms with E-state index in [2.05, 4.69) is 12.2 Å². The van der Waals surface area contributed by atoms with E-state index in [9.17, 15) is 23.7 Å². The zero-order valence-electron chi connectivity index (χ0n) is 21.8. The van der Waals surface area contributed by atoms with Gasteiger partial charge in [0.2, 0.25) is 5.82 Å². The van der Waals surface area contributed by atoms with Gasteiger partial charge < -0.3 is 14.8 Å². The number of hydrogen-bond acceptors (Lipinski definition) is 6. The molecule has 1 N–H and O–H groups in total. The molecule has 1 unspecified atom stereocenters. The van der Waals surface area contributed by atoms with E-state index in [1.54, 1.807) is 6.92 Å². The summed E-state index contributed by atoms with van der Waals surface area (Å²) in [4.78, 5) is 24.4. The fourth-order valence-corrected chi connectivity index (χ4v) is 4.61. The van der Waals surface area contributed by atoms with Crippen LogP contribution in [-0.2, 0) is 9.53 Å². The molecule has 1 aromatic carbocycles. The maximum absolute atomic E-state index is 14.5. The van der Waals surface area contributed by atoms with Crippen molar-refractivity contribution in [3.63, 3.8) is 0 Å². The van der Waals surface area contributed by atoms with Gasteiger partial charge in [0.25, 0.3) is 5.70 Å².